The lowest BCUT2D eigenvalue weighted by molar-refractivity contribution is -0.124. The molecule has 3 rings (SSSR count). The number of hydrogen-bond donors (Lipinski definition) is 3. The minimum absolute atomic E-state index is 0.0523. The summed E-state index contributed by atoms with van der Waals surface area (Å²) < 4.78 is 1.01. The molecule has 28 heavy (non-hydrogen) atoms. The topological polar surface area (TPSA) is 97.1 Å². The van der Waals surface area contributed by atoms with Gasteiger partial charge in [0, 0.05) is 24.4 Å². The van der Waals surface area contributed by atoms with Crippen LogP contribution in [-0.4, -0.2) is 35.4 Å². The Labute approximate surface area is 174 Å². The van der Waals surface area contributed by atoms with E-state index in [-0.39, 0.29) is 23.8 Å². The molecule has 2 aromatic rings. The summed E-state index contributed by atoms with van der Waals surface area (Å²) in [6, 6.07) is 4.88. The van der Waals surface area contributed by atoms with Crippen LogP contribution >= 0.6 is 22.9 Å². The van der Waals surface area contributed by atoms with Gasteiger partial charge in [-0.1, -0.05) is 31.4 Å². The molecule has 0 saturated heterocycles. The first-order valence-corrected chi connectivity index (χ1v) is 11.0. The standard InChI is InChI=1S/C20H27ClN4O2S/c1-2-17(26)24-14(11-23-20(27)19(22)12-5-3-4-6-12)10-18-25-15-8-7-13(21)9-16(15)28-18/h7-9,12,14,19H,2-6,10-11,22H2,1H3,(H,23,27)(H,24,26)/t14-,19-/m0/s1. The van der Waals surface area contributed by atoms with Crippen LogP contribution in [-0.2, 0) is 16.0 Å². The second kappa shape index (κ2) is 9.67. The first kappa shape index (κ1) is 21.0. The van der Waals surface area contributed by atoms with E-state index in [4.69, 9.17) is 17.3 Å². The number of nitrogens with zero attached hydrogens (tertiary/aromatic N) is 1. The fourth-order valence-corrected chi connectivity index (χ4v) is 4.94. The number of carbonyl (C=O) groups is 2. The molecule has 0 radical (unpaired) electrons. The summed E-state index contributed by atoms with van der Waals surface area (Å²) in [6.07, 6.45) is 5.24. The van der Waals surface area contributed by atoms with E-state index in [0.717, 1.165) is 40.9 Å². The van der Waals surface area contributed by atoms with Gasteiger partial charge in [-0.25, -0.2) is 4.98 Å². The van der Waals surface area contributed by atoms with E-state index in [9.17, 15) is 9.59 Å². The van der Waals surface area contributed by atoms with E-state index in [0.29, 0.717) is 24.4 Å². The first-order chi connectivity index (χ1) is 13.5. The maximum Gasteiger partial charge on any atom is 0.237 e. The zero-order valence-electron chi connectivity index (χ0n) is 16.0. The van der Waals surface area contributed by atoms with Gasteiger partial charge in [0.05, 0.1) is 27.3 Å². The van der Waals surface area contributed by atoms with Crippen molar-refractivity contribution in [1.82, 2.24) is 15.6 Å². The monoisotopic (exact) mass is 422 g/mol. The highest BCUT2D eigenvalue weighted by Crippen LogP contribution is 2.27. The Kier molecular flexibility index (Phi) is 7.26. The van der Waals surface area contributed by atoms with Crippen LogP contribution in [0.2, 0.25) is 5.02 Å². The van der Waals surface area contributed by atoms with E-state index >= 15 is 0 Å². The van der Waals surface area contributed by atoms with Crippen molar-refractivity contribution in [2.45, 2.75) is 57.5 Å². The van der Waals surface area contributed by atoms with E-state index in [1.807, 2.05) is 18.2 Å². The lowest BCUT2D eigenvalue weighted by atomic mass is 9.98. The van der Waals surface area contributed by atoms with Crippen LogP contribution in [0.3, 0.4) is 0 Å². The first-order valence-electron chi connectivity index (χ1n) is 9.84. The molecule has 1 aliphatic carbocycles. The summed E-state index contributed by atoms with van der Waals surface area (Å²) in [4.78, 5) is 29.0. The third kappa shape index (κ3) is 5.43. The molecule has 0 bridgehead atoms. The molecule has 6 nitrogen and oxygen atoms in total. The number of nitrogens with two attached hydrogens (primary N) is 1. The van der Waals surface area contributed by atoms with E-state index in [2.05, 4.69) is 15.6 Å². The predicted octanol–water partition coefficient (Wildman–Crippen LogP) is 3.02. The van der Waals surface area contributed by atoms with Crippen molar-refractivity contribution in [1.29, 1.82) is 0 Å². The Morgan fingerprint density at radius 2 is 2.11 bits per heavy atom. The Bertz CT molecular complexity index is 835. The fourth-order valence-electron chi connectivity index (χ4n) is 3.62. The molecule has 1 aromatic heterocycles. The zero-order valence-corrected chi connectivity index (χ0v) is 17.6. The molecule has 0 aliphatic heterocycles. The van der Waals surface area contributed by atoms with Gasteiger partial charge in [0.25, 0.3) is 0 Å². The molecule has 2 amide bonds. The molecule has 0 unspecified atom stereocenters. The fraction of sp³-hybridized carbons (Fsp3) is 0.550. The number of amides is 2. The van der Waals surface area contributed by atoms with Crippen LogP contribution in [0.1, 0.15) is 44.0 Å². The Balaban J connectivity index is 1.64. The van der Waals surface area contributed by atoms with Crippen molar-refractivity contribution in [3.63, 3.8) is 0 Å². The molecule has 152 valence electrons. The summed E-state index contributed by atoms with van der Waals surface area (Å²) in [7, 11) is 0. The maximum absolute atomic E-state index is 12.4. The predicted molar refractivity (Wildman–Crippen MR) is 113 cm³/mol. The average molecular weight is 423 g/mol. The van der Waals surface area contributed by atoms with Crippen molar-refractivity contribution in [2.24, 2.45) is 11.7 Å². The van der Waals surface area contributed by atoms with Crippen LogP contribution in [0.5, 0.6) is 0 Å². The van der Waals surface area contributed by atoms with Crippen LogP contribution in [0.4, 0.5) is 0 Å². The molecule has 2 atom stereocenters. The van der Waals surface area contributed by atoms with Gasteiger partial charge in [0.2, 0.25) is 11.8 Å². The number of halogens is 1. The largest absolute Gasteiger partial charge is 0.353 e. The van der Waals surface area contributed by atoms with Crippen LogP contribution < -0.4 is 16.4 Å². The molecule has 1 saturated carbocycles. The number of fused-ring (bicyclic) bond motifs is 1. The summed E-state index contributed by atoms with van der Waals surface area (Å²) >= 11 is 7.60. The van der Waals surface area contributed by atoms with Gasteiger partial charge in [0.1, 0.15) is 0 Å². The van der Waals surface area contributed by atoms with E-state index in [1.165, 1.54) is 0 Å². The maximum atomic E-state index is 12.4. The molecule has 1 aromatic carbocycles. The molecule has 8 heteroatoms. The van der Waals surface area contributed by atoms with Crippen LogP contribution in [0, 0.1) is 5.92 Å². The van der Waals surface area contributed by atoms with Crippen molar-refractivity contribution < 1.29 is 9.59 Å². The number of aromatic nitrogens is 1. The molecule has 4 N–H and O–H groups in total. The Morgan fingerprint density at radius 3 is 2.82 bits per heavy atom. The van der Waals surface area contributed by atoms with Gasteiger partial charge >= 0.3 is 0 Å². The molecule has 1 heterocycles. The molecule has 0 spiro atoms. The number of thiazole rings is 1. The Hall–Kier alpha value is -1.70. The number of nitrogens with one attached hydrogen (secondary N) is 2. The molecular weight excluding hydrogens is 396 g/mol. The van der Waals surface area contributed by atoms with Crippen molar-refractivity contribution >= 4 is 45.0 Å². The molecule has 1 aliphatic rings. The third-order valence-electron chi connectivity index (χ3n) is 5.24. The average Bonchev–Trinajstić information content (AvgIpc) is 3.34. The SMILES string of the molecule is CCC(=O)N[C@H](CNC(=O)[C@@H](N)C1CCCC1)Cc1nc2ccc(Cl)cc2s1. The minimum atomic E-state index is -0.477. The number of hydrogen-bond acceptors (Lipinski definition) is 5. The van der Waals surface area contributed by atoms with Crippen LogP contribution in [0.25, 0.3) is 10.2 Å². The Morgan fingerprint density at radius 1 is 1.36 bits per heavy atom. The van der Waals surface area contributed by atoms with Crippen molar-refractivity contribution in [3.8, 4) is 0 Å². The number of benzene rings is 1. The van der Waals surface area contributed by atoms with Gasteiger partial charge < -0.3 is 16.4 Å². The second-order valence-corrected chi connectivity index (χ2v) is 8.91. The normalized spacial score (nSPS) is 16.8. The number of carbonyl (C=O) groups excluding carboxylic acids is 2. The smallest absolute Gasteiger partial charge is 0.237 e. The van der Waals surface area contributed by atoms with Crippen molar-refractivity contribution in [2.75, 3.05) is 6.54 Å². The van der Waals surface area contributed by atoms with E-state index < -0.39 is 6.04 Å². The molecular formula is C20H27ClN4O2S. The quantitative estimate of drug-likeness (QED) is 0.609. The van der Waals surface area contributed by atoms with Gasteiger partial charge in [-0.3, -0.25) is 9.59 Å². The third-order valence-corrected chi connectivity index (χ3v) is 6.51. The van der Waals surface area contributed by atoms with Gasteiger partial charge in [-0.15, -0.1) is 11.3 Å². The van der Waals surface area contributed by atoms with Gasteiger partial charge in [-0.05, 0) is 37.0 Å². The second-order valence-electron chi connectivity index (χ2n) is 7.36. The van der Waals surface area contributed by atoms with E-state index in [1.54, 1.807) is 18.3 Å². The summed E-state index contributed by atoms with van der Waals surface area (Å²) in [5.41, 5.74) is 7.02. The molecule has 1 fully saturated rings. The highest BCUT2D eigenvalue weighted by Gasteiger charge is 2.27. The highest BCUT2D eigenvalue weighted by atomic mass is 35.5. The lowest BCUT2D eigenvalue weighted by Gasteiger charge is -2.22. The lowest BCUT2D eigenvalue weighted by Crippen LogP contribution is -2.50. The van der Waals surface area contributed by atoms with Gasteiger partial charge in [0.15, 0.2) is 0 Å². The van der Waals surface area contributed by atoms with Crippen LogP contribution in [0.15, 0.2) is 18.2 Å². The summed E-state index contributed by atoms with van der Waals surface area (Å²) in [5, 5.41) is 7.48. The summed E-state index contributed by atoms with van der Waals surface area (Å²) in [5.74, 6) is 0.0694. The van der Waals surface area contributed by atoms with Gasteiger partial charge in [-0.2, -0.15) is 0 Å². The summed E-state index contributed by atoms with van der Waals surface area (Å²) in [6.45, 7) is 2.14. The minimum Gasteiger partial charge on any atom is -0.353 e. The highest BCUT2D eigenvalue weighted by molar-refractivity contribution is 7.18. The zero-order chi connectivity index (χ0) is 20.1. The van der Waals surface area contributed by atoms with Crippen molar-refractivity contribution in [3.05, 3.63) is 28.2 Å². The number of rotatable bonds is 8.